The Hall–Kier alpha value is -5.35. The summed E-state index contributed by atoms with van der Waals surface area (Å²) >= 11 is 3.44. The number of aromatic nitrogens is 9. The summed E-state index contributed by atoms with van der Waals surface area (Å²) in [6, 6.07) is 14.4. The maximum atomic E-state index is 14.5. The normalized spacial score (nSPS) is 43.7. The first-order valence-corrected chi connectivity index (χ1v) is 53.9. The Bertz CT molecular complexity index is 5240. The van der Waals surface area contributed by atoms with E-state index in [2.05, 4.69) is 109 Å². The first-order chi connectivity index (χ1) is 62.3. The molecule has 750 valence electrons. The van der Waals surface area contributed by atoms with Gasteiger partial charge in [-0.05, 0) is 459 Å². The second kappa shape index (κ2) is 38.4. The molecule has 0 aliphatic heterocycles. The lowest BCUT2D eigenvalue weighted by Crippen LogP contribution is -2.56. The average Bonchev–Trinajstić information content (AvgIpc) is 0.962. The molecule has 0 unspecified atom stereocenters. The van der Waals surface area contributed by atoms with Crippen LogP contribution in [-0.2, 0) is 38.8 Å². The second-order valence-corrected chi connectivity index (χ2v) is 50.1. The number of alkyl halides is 1. The molecular formula is C114H173BrF3N9O8. The van der Waals surface area contributed by atoms with E-state index in [1.807, 2.05) is 20.8 Å². The Labute approximate surface area is 815 Å². The van der Waals surface area contributed by atoms with Crippen LogP contribution in [0.15, 0.2) is 54.6 Å². The quantitative estimate of drug-likeness (QED) is 0.0699. The Morgan fingerprint density at radius 3 is 1.02 bits per heavy atom. The molecule has 135 heavy (non-hydrogen) atoms. The van der Waals surface area contributed by atoms with Crippen molar-refractivity contribution >= 4 is 72.2 Å². The highest BCUT2D eigenvalue weighted by molar-refractivity contribution is 9.09. The fraction of sp³-hybridized carbons (Fsp3) is 0.807. The Morgan fingerprint density at radius 2 is 0.667 bits per heavy atom. The second-order valence-electron chi connectivity index (χ2n) is 49.5. The predicted octanol–water partition coefficient (Wildman–Crippen LogP) is 26.1. The molecule has 16 aliphatic rings. The molecule has 16 aliphatic carbocycles. The van der Waals surface area contributed by atoms with Crippen LogP contribution in [-0.4, -0.2) is 116 Å². The van der Waals surface area contributed by atoms with Crippen LogP contribution in [0.25, 0.3) is 33.1 Å². The van der Waals surface area contributed by atoms with Gasteiger partial charge in [0.2, 0.25) is 0 Å². The third-order valence-corrected chi connectivity index (χ3v) is 44.8. The van der Waals surface area contributed by atoms with Gasteiger partial charge in [0.25, 0.3) is 0 Å². The van der Waals surface area contributed by atoms with Crippen molar-refractivity contribution < 1.29 is 52.8 Å². The van der Waals surface area contributed by atoms with Crippen LogP contribution < -0.4 is 0 Å². The Balaban J connectivity index is 0.000000137. The van der Waals surface area contributed by atoms with Crippen molar-refractivity contribution in [3.63, 3.8) is 0 Å². The molecule has 0 radical (unpaired) electrons. The van der Waals surface area contributed by atoms with Crippen LogP contribution in [0, 0.1) is 179 Å². The number of ketones is 4. The smallest absolute Gasteiger partial charge is 0.159 e. The van der Waals surface area contributed by atoms with E-state index < -0.39 is 34.0 Å². The van der Waals surface area contributed by atoms with Gasteiger partial charge < -0.3 is 20.4 Å². The molecule has 21 heteroatoms. The number of halogens is 4. The van der Waals surface area contributed by atoms with Crippen molar-refractivity contribution in [1.82, 2.24) is 45.0 Å². The predicted molar refractivity (Wildman–Crippen MR) is 535 cm³/mol. The topological polar surface area (TPSA) is 241 Å². The van der Waals surface area contributed by atoms with Gasteiger partial charge in [-0.2, -0.15) is 9.90 Å². The summed E-state index contributed by atoms with van der Waals surface area (Å²) in [4.78, 5) is 54.9. The first kappa shape index (κ1) is 104. The third kappa shape index (κ3) is 17.4. The van der Waals surface area contributed by atoms with E-state index in [1.165, 1.54) is 150 Å². The highest BCUT2D eigenvalue weighted by atomic mass is 79.9. The van der Waals surface area contributed by atoms with Crippen molar-refractivity contribution in [2.75, 3.05) is 5.33 Å². The largest absolute Gasteiger partial charge is 0.390 e. The molecule has 0 spiro atoms. The summed E-state index contributed by atoms with van der Waals surface area (Å²) in [5.74, 6) is 11.4. The fourth-order valence-electron chi connectivity index (χ4n) is 37.9. The standard InChI is InChI=1S/3C29H40FN3O2.C23H37BrO2.4CH4/c1-4-29-15-14-27(2,35)16-18(29)8-9-19-20-10-11-22(28(20,3)13-12-21(19)29)25(34)17-33-24-7-5-6-23(30)26(24)31-32-33;1-4-29-15-14-27(2,35)16-18(29)8-9-19-20-10-11-22(28(20,3)13-12-21(19)29)25(34)17-33-26-23(30)6-5-7-24(26)31-32-33;1-4-29-15-14-27(2,35)16-18(29)8-9-19-20-10-11-22(28(20,3)13-12-21(19)29)25(34)17-33-31-24-7-5-6-23(30)26(24)32-33;1-4-23-12-11-21(2,26)13-15(23)5-6-16-17-7-8-19(20(25)14-24)22(17,3)10-9-18(16)23;;;;/h3*5-7,18-22,35H,4,8-17H2,1-3H3;15-19,26H,4-14H2,1-3H3;4*1H4/t3*18-,19-,20-,21-,22+,27+,28-,29-;15-,16-,17-,18-,19+,21+,22-,23-;;;;/m0000..../s1. The summed E-state index contributed by atoms with van der Waals surface area (Å²) in [6.45, 7) is 27.7. The molecule has 4 N–H and O–H groups in total. The zero-order valence-corrected chi connectivity index (χ0v) is 82.9. The zero-order chi connectivity index (χ0) is 92.5. The Kier molecular flexibility index (Phi) is 29.6. The third-order valence-electron chi connectivity index (χ3n) is 44.2. The van der Waals surface area contributed by atoms with Gasteiger partial charge >= 0.3 is 0 Å². The van der Waals surface area contributed by atoms with Gasteiger partial charge in [0.15, 0.2) is 34.8 Å². The fourth-order valence-corrected chi connectivity index (χ4v) is 38.3. The number of para-hydroxylation sites is 1. The number of fused-ring (bicyclic) bond motifs is 23. The number of rotatable bonds is 15. The van der Waals surface area contributed by atoms with E-state index in [0.717, 1.165) is 170 Å². The maximum absolute atomic E-state index is 14.5. The molecule has 0 bridgehead atoms. The molecule has 3 heterocycles. The van der Waals surface area contributed by atoms with Gasteiger partial charge in [0.05, 0.1) is 33.3 Å². The lowest BCUT2D eigenvalue weighted by atomic mass is 9.42. The van der Waals surface area contributed by atoms with Crippen LogP contribution in [0.2, 0.25) is 0 Å². The number of carbonyl (C=O) groups excluding carboxylic acids is 4. The van der Waals surface area contributed by atoms with Crippen LogP contribution in [0.1, 0.15) is 370 Å². The number of hydrogen-bond donors (Lipinski definition) is 4. The minimum atomic E-state index is -0.505. The maximum Gasteiger partial charge on any atom is 0.159 e. The molecule has 0 saturated heterocycles. The lowest BCUT2D eigenvalue weighted by molar-refractivity contribution is -0.158. The zero-order valence-electron chi connectivity index (χ0n) is 81.3. The molecular weight excluding hydrogens is 1760 g/mol. The van der Waals surface area contributed by atoms with Crippen LogP contribution in [0.3, 0.4) is 0 Å². The van der Waals surface area contributed by atoms with Crippen molar-refractivity contribution in [3.05, 3.63) is 72.0 Å². The van der Waals surface area contributed by atoms with Crippen LogP contribution >= 0.6 is 15.9 Å². The summed E-state index contributed by atoms with van der Waals surface area (Å²) < 4.78 is 45.7. The number of nitrogens with zero attached hydrogens (tertiary/aromatic N) is 9. The van der Waals surface area contributed by atoms with Gasteiger partial charge in [0, 0.05) is 23.7 Å². The van der Waals surface area contributed by atoms with Crippen molar-refractivity contribution in [3.8, 4) is 0 Å². The minimum absolute atomic E-state index is 0. The average molecular weight is 1930 g/mol. The van der Waals surface area contributed by atoms with Gasteiger partial charge in [-0.3, -0.25) is 19.2 Å². The summed E-state index contributed by atoms with van der Waals surface area (Å²) in [5.41, 5.74) is 2.39. The van der Waals surface area contributed by atoms with E-state index in [4.69, 9.17) is 0 Å². The number of benzene rings is 3. The van der Waals surface area contributed by atoms with Crippen molar-refractivity contribution in [2.45, 2.75) is 412 Å². The molecule has 6 aromatic rings. The molecule has 0 amide bonds. The van der Waals surface area contributed by atoms with Gasteiger partial charge in [-0.1, -0.05) is 130 Å². The molecule has 16 fully saturated rings. The number of hydrogen-bond acceptors (Lipinski definition) is 14. The van der Waals surface area contributed by atoms with E-state index in [9.17, 15) is 52.8 Å². The monoisotopic (exact) mass is 1930 g/mol. The summed E-state index contributed by atoms with van der Waals surface area (Å²) in [5, 5.41) is 68.7. The molecule has 32 atom stereocenters. The molecule has 3 aromatic carbocycles. The van der Waals surface area contributed by atoms with E-state index >= 15 is 0 Å². The summed E-state index contributed by atoms with van der Waals surface area (Å²) in [7, 11) is 0. The van der Waals surface area contributed by atoms with Crippen LogP contribution in [0.4, 0.5) is 13.2 Å². The highest BCUT2D eigenvalue weighted by Crippen LogP contribution is 2.75. The lowest BCUT2D eigenvalue weighted by Gasteiger charge is -2.63. The van der Waals surface area contributed by atoms with E-state index in [-0.39, 0.29) is 129 Å². The SMILES string of the molecule is C.C.C.C.CC[C@]12CC[C@@](C)(O)C[C@@H]1CC[C@H]1[C@@H]3CC[C@H](C(=O)CBr)[C@@]3(C)CC[C@@H]12.CC[C@]12CC[C@@](C)(O)C[C@@H]1CC[C@H]1[C@@H]3CC[C@H](C(=O)Cn4nc5cccc(F)c5n4)[C@@]3(C)CC[C@@H]12.CC[C@]12CC[C@@](C)(O)C[C@@H]1CC[C@H]1[C@@H]3CC[C@H](C(=O)Cn4nnc5c(F)cccc54)[C@@]3(C)CC[C@@H]12.CC[C@]12CC[C@@](C)(O)C[C@@H]1CC[C@H]1[C@@H]3CC[C@H](C(=O)Cn4nnc5cccc(F)c54)[C@@]3(C)CC[C@@H]12. The first-order valence-electron chi connectivity index (χ1n) is 52.8. The summed E-state index contributed by atoms with van der Waals surface area (Å²) in [6.07, 6.45) is 45.5. The Morgan fingerprint density at radius 1 is 0.348 bits per heavy atom. The van der Waals surface area contributed by atoms with Crippen LogP contribution in [0.5, 0.6) is 0 Å². The number of Topliss-reactive ketones (excluding diaryl/α,β-unsaturated/α-hetero) is 4. The molecule has 3 aromatic heterocycles. The van der Waals surface area contributed by atoms with Gasteiger partial charge in [0.1, 0.15) is 53.0 Å². The van der Waals surface area contributed by atoms with E-state index in [0.29, 0.717) is 114 Å². The van der Waals surface area contributed by atoms with Crippen molar-refractivity contribution in [1.29, 1.82) is 0 Å². The molecule has 16 saturated carbocycles. The highest BCUT2D eigenvalue weighted by Gasteiger charge is 2.69. The number of carbonyl (C=O) groups is 4. The minimum Gasteiger partial charge on any atom is -0.390 e. The van der Waals surface area contributed by atoms with E-state index in [1.54, 1.807) is 41.1 Å². The van der Waals surface area contributed by atoms with Gasteiger partial charge in [-0.25, -0.2) is 22.5 Å². The number of aliphatic hydroxyl groups is 4. The van der Waals surface area contributed by atoms with Crippen molar-refractivity contribution in [2.24, 2.45) is 162 Å². The van der Waals surface area contributed by atoms with Gasteiger partial charge in [-0.15, -0.1) is 15.3 Å². The molecule has 17 nitrogen and oxygen atoms in total. The molecule has 22 rings (SSSR count).